The molecule has 115 valence electrons. The molecule has 0 spiro atoms. The van der Waals surface area contributed by atoms with E-state index in [2.05, 4.69) is 27.2 Å². The molecule has 0 unspecified atom stereocenters. The fourth-order valence-electron chi connectivity index (χ4n) is 3.40. The zero-order valence-corrected chi connectivity index (χ0v) is 16.9. The van der Waals surface area contributed by atoms with Crippen molar-refractivity contribution in [1.82, 2.24) is 0 Å². The van der Waals surface area contributed by atoms with E-state index in [9.17, 15) is 0 Å². The Labute approximate surface area is 154 Å². The molecular formula is C18H27O2Y-. The monoisotopic (exact) mass is 364 g/mol. The predicted octanol–water partition coefficient (Wildman–Crippen LogP) is 4.56. The maximum atomic E-state index is 5.71. The van der Waals surface area contributed by atoms with Crippen LogP contribution in [-0.2, 0) is 39.1 Å². The van der Waals surface area contributed by atoms with Crippen LogP contribution in [0.5, 0.6) is 11.5 Å². The van der Waals surface area contributed by atoms with Crippen LogP contribution in [0.4, 0.5) is 0 Å². The molecule has 1 radical (unpaired) electrons. The van der Waals surface area contributed by atoms with E-state index in [-0.39, 0.29) is 32.7 Å². The third-order valence-corrected chi connectivity index (χ3v) is 4.81. The first kappa shape index (κ1) is 19.0. The van der Waals surface area contributed by atoms with Gasteiger partial charge in [-0.2, -0.15) is 12.8 Å². The first-order chi connectivity index (χ1) is 9.60. The molecule has 1 aliphatic rings. The Bertz CT molecular complexity index is 446. The van der Waals surface area contributed by atoms with Gasteiger partial charge in [0.2, 0.25) is 0 Å². The number of ether oxygens (including phenoxy) is 2. The number of hydrogen-bond acceptors (Lipinski definition) is 2. The fraction of sp³-hybridized carbons (Fsp3) is 0.611. The largest absolute Gasteiger partial charge is 0.496 e. The summed E-state index contributed by atoms with van der Waals surface area (Å²) in [5.74, 6) is 2.81. The number of benzene rings is 1. The van der Waals surface area contributed by atoms with Crippen molar-refractivity contribution in [2.24, 2.45) is 5.92 Å². The van der Waals surface area contributed by atoms with E-state index in [4.69, 9.17) is 9.47 Å². The summed E-state index contributed by atoms with van der Waals surface area (Å²) in [7, 11) is 3.55. The Morgan fingerprint density at radius 2 is 1.38 bits per heavy atom. The quantitative estimate of drug-likeness (QED) is 0.729. The van der Waals surface area contributed by atoms with Crippen LogP contribution in [-0.4, -0.2) is 14.2 Å². The molecule has 0 heterocycles. The molecule has 0 bridgehead atoms. The second-order valence-corrected chi connectivity index (χ2v) is 5.93. The van der Waals surface area contributed by atoms with Crippen molar-refractivity contribution in [1.29, 1.82) is 0 Å². The van der Waals surface area contributed by atoms with Gasteiger partial charge in [-0.15, -0.1) is 0 Å². The van der Waals surface area contributed by atoms with E-state index >= 15 is 0 Å². The van der Waals surface area contributed by atoms with Crippen molar-refractivity contribution < 1.29 is 42.2 Å². The first-order valence-corrected chi connectivity index (χ1v) is 7.62. The second-order valence-electron chi connectivity index (χ2n) is 5.93. The molecule has 0 saturated heterocycles. The molecule has 2 rings (SSSR count). The van der Waals surface area contributed by atoms with Crippen molar-refractivity contribution in [2.45, 2.75) is 52.9 Å². The molecule has 3 heteroatoms. The molecule has 21 heavy (non-hydrogen) atoms. The van der Waals surface area contributed by atoms with Crippen molar-refractivity contribution in [2.75, 3.05) is 14.2 Å². The molecule has 1 saturated carbocycles. The smallest absolute Gasteiger partial charge is 0.128 e. The molecule has 1 fully saturated rings. The van der Waals surface area contributed by atoms with Gasteiger partial charge in [-0.1, -0.05) is 12.8 Å². The zero-order valence-electron chi connectivity index (χ0n) is 14.1. The predicted molar refractivity (Wildman–Crippen MR) is 83.7 cm³/mol. The van der Waals surface area contributed by atoms with Crippen molar-refractivity contribution in [3.8, 4) is 11.5 Å². The summed E-state index contributed by atoms with van der Waals surface area (Å²) in [4.78, 5) is 0. The Kier molecular flexibility index (Phi) is 7.70. The number of methoxy groups -OCH3 is 2. The summed E-state index contributed by atoms with van der Waals surface area (Å²) in [6, 6.07) is 0. The third kappa shape index (κ3) is 4.02. The van der Waals surface area contributed by atoms with E-state index < -0.39 is 0 Å². The van der Waals surface area contributed by atoms with Crippen LogP contribution in [0.2, 0.25) is 0 Å². The Hall–Kier alpha value is -0.0761. The van der Waals surface area contributed by atoms with E-state index in [0.29, 0.717) is 0 Å². The normalized spacial score (nSPS) is 15.5. The third-order valence-electron chi connectivity index (χ3n) is 4.81. The Balaban J connectivity index is 0.00000220. The minimum atomic E-state index is 0. The molecule has 1 aliphatic carbocycles. The Morgan fingerprint density at radius 3 is 1.81 bits per heavy atom. The molecule has 1 aromatic rings. The molecule has 0 aromatic heterocycles. The van der Waals surface area contributed by atoms with E-state index in [0.717, 1.165) is 23.8 Å². The average molecular weight is 364 g/mol. The maximum absolute atomic E-state index is 5.71. The van der Waals surface area contributed by atoms with Gasteiger partial charge >= 0.3 is 0 Å². The van der Waals surface area contributed by atoms with Crippen LogP contribution >= 0.6 is 0 Å². The summed E-state index contributed by atoms with van der Waals surface area (Å²) in [6.45, 7) is 6.45. The molecular weight excluding hydrogens is 337 g/mol. The fourth-order valence-corrected chi connectivity index (χ4v) is 3.40. The number of hydrogen-bond donors (Lipinski definition) is 0. The minimum absolute atomic E-state index is 0. The summed E-state index contributed by atoms with van der Waals surface area (Å²) in [6.07, 6.45) is 8.56. The maximum Gasteiger partial charge on any atom is 0.128 e. The van der Waals surface area contributed by atoms with Gasteiger partial charge in [0.25, 0.3) is 0 Å². The van der Waals surface area contributed by atoms with Crippen LogP contribution in [0.1, 0.15) is 47.9 Å². The standard InChI is InChI=1S/C18H27O2.Y/c1-12-13(2)17(19-4)16(18(20-5)14(12)3)11-15-9-7-6-8-10-15;/h6,15H,7-11H2,1-5H3;/q-1;. The van der Waals surface area contributed by atoms with Crippen LogP contribution in [0, 0.1) is 33.1 Å². The molecule has 1 aromatic carbocycles. The first-order valence-electron chi connectivity index (χ1n) is 7.62. The Morgan fingerprint density at radius 1 is 0.905 bits per heavy atom. The van der Waals surface area contributed by atoms with E-state index in [1.807, 2.05) is 0 Å². The number of rotatable bonds is 4. The summed E-state index contributed by atoms with van der Waals surface area (Å²) < 4.78 is 11.4. The van der Waals surface area contributed by atoms with Gasteiger partial charge in [-0.25, -0.2) is 0 Å². The van der Waals surface area contributed by atoms with Crippen LogP contribution < -0.4 is 9.47 Å². The van der Waals surface area contributed by atoms with Gasteiger partial charge in [-0.05, 0) is 49.8 Å². The van der Waals surface area contributed by atoms with Gasteiger partial charge in [0, 0.05) is 38.3 Å². The molecule has 0 aliphatic heterocycles. The van der Waals surface area contributed by atoms with Gasteiger partial charge in [0.05, 0.1) is 14.2 Å². The molecule has 0 amide bonds. The summed E-state index contributed by atoms with van der Waals surface area (Å²) in [5, 5.41) is 0. The average Bonchev–Trinajstić information content (AvgIpc) is 2.47. The summed E-state index contributed by atoms with van der Waals surface area (Å²) in [5.41, 5.74) is 5.05. The minimum Gasteiger partial charge on any atom is -0.496 e. The van der Waals surface area contributed by atoms with Crippen molar-refractivity contribution in [3.05, 3.63) is 28.7 Å². The molecule has 0 atom stereocenters. The van der Waals surface area contributed by atoms with E-state index in [1.165, 1.54) is 47.9 Å². The molecule has 0 N–H and O–H groups in total. The van der Waals surface area contributed by atoms with Gasteiger partial charge in [0.15, 0.2) is 0 Å². The van der Waals surface area contributed by atoms with Gasteiger partial charge in [-0.3, -0.25) is 0 Å². The van der Waals surface area contributed by atoms with Gasteiger partial charge < -0.3 is 15.9 Å². The van der Waals surface area contributed by atoms with Crippen LogP contribution in [0.25, 0.3) is 0 Å². The topological polar surface area (TPSA) is 18.5 Å². The summed E-state index contributed by atoms with van der Waals surface area (Å²) >= 11 is 0. The van der Waals surface area contributed by atoms with Crippen molar-refractivity contribution in [3.63, 3.8) is 0 Å². The second kappa shape index (κ2) is 8.53. The van der Waals surface area contributed by atoms with Crippen LogP contribution in [0.3, 0.4) is 0 Å². The van der Waals surface area contributed by atoms with Crippen molar-refractivity contribution >= 4 is 0 Å². The van der Waals surface area contributed by atoms with E-state index in [1.54, 1.807) is 14.2 Å². The van der Waals surface area contributed by atoms with Crippen LogP contribution in [0.15, 0.2) is 0 Å². The van der Waals surface area contributed by atoms with Gasteiger partial charge in [0.1, 0.15) is 11.5 Å². The SMILES string of the molecule is COc1c(C)c(C)c(C)c(OC)c1CC1CC[CH-]CC1.[Y]. The zero-order chi connectivity index (χ0) is 14.7. The molecule has 2 nitrogen and oxygen atoms in total.